The number of carboxylic acid groups (broad SMARTS) is 1. The molecule has 1 rings (SSSR count). The number of hydrogen-bond acceptors (Lipinski definition) is 3. The Hall–Kier alpha value is -0.910. The van der Waals surface area contributed by atoms with Crippen molar-refractivity contribution < 1.29 is 20.1 Å². The molecule has 0 aliphatic heterocycles. The maximum Gasteiger partial charge on any atom is 0.335 e. The minimum absolute atomic E-state index is 0.100. The third-order valence-corrected chi connectivity index (χ3v) is 3.21. The first-order valence-corrected chi connectivity index (χ1v) is 6.17. The average molecular weight is 303 g/mol. The summed E-state index contributed by atoms with van der Waals surface area (Å²) < 4.78 is 0.694. The molecule has 4 nitrogen and oxygen atoms in total. The van der Waals surface area contributed by atoms with E-state index in [9.17, 15) is 9.90 Å². The van der Waals surface area contributed by atoms with Crippen molar-refractivity contribution in [2.45, 2.75) is 25.4 Å². The molecule has 0 aliphatic carbocycles. The van der Waals surface area contributed by atoms with Crippen molar-refractivity contribution in [1.29, 1.82) is 0 Å². The highest BCUT2D eigenvalue weighted by Crippen LogP contribution is 2.28. The maximum absolute atomic E-state index is 10.8. The monoisotopic (exact) mass is 302 g/mol. The van der Waals surface area contributed by atoms with Crippen LogP contribution in [-0.4, -0.2) is 27.9 Å². The van der Waals surface area contributed by atoms with E-state index in [0.29, 0.717) is 29.3 Å². The molecule has 1 unspecified atom stereocenters. The van der Waals surface area contributed by atoms with E-state index in [1.165, 1.54) is 12.1 Å². The van der Waals surface area contributed by atoms with Gasteiger partial charge in [0.05, 0.1) is 11.7 Å². The largest absolute Gasteiger partial charge is 0.478 e. The summed E-state index contributed by atoms with van der Waals surface area (Å²) in [5.74, 6) is -1.01. The molecule has 0 heterocycles. The van der Waals surface area contributed by atoms with Gasteiger partial charge in [0.25, 0.3) is 0 Å². The topological polar surface area (TPSA) is 77.8 Å². The normalized spacial score (nSPS) is 12.4. The van der Waals surface area contributed by atoms with Gasteiger partial charge in [-0.2, -0.15) is 0 Å². The van der Waals surface area contributed by atoms with E-state index >= 15 is 0 Å². The second-order valence-corrected chi connectivity index (χ2v) is 4.63. The molecule has 0 aromatic heterocycles. The first kappa shape index (κ1) is 14.2. The number of unbranched alkanes of at least 4 members (excludes halogenated alkanes) is 1. The molecule has 94 valence electrons. The summed E-state index contributed by atoms with van der Waals surface area (Å²) >= 11 is 3.29. The molecule has 0 aliphatic rings. The number of aromatic carboxylic acids is 1. The van der Waals surface area contributed by atoms with Gasteiger partial charge in [-0.25, -0.2) is 4.79 Å². The third kappa shape index (κ3) is 4.11. The average Bonchev–Trinajstić information content (AvgIpc) is 2.29. The van der Waals surface area contributed by atoms with Crippen LogP contribution in [0.4, 0.5) is 0 Å². The second kappa shape index (κ2) is 6.74. The maximum atomic E-state index is 10.8. The van der Waals surface area contributed by atoms with Crippen molar-refractivity contribution in [3.8, 4) is 0 Å². The van der Waals surface area contributed by atoms with Crippen molar-refractivity contribution >= 4 is 21.9 Å². The molecule has 0 saturated carbocycles. The van der Waals surface area contributed by atoms with Crippen molar-refractivity contribution in [1.82, 2.24) is 0 Å². The number of carboxylic acids is 1. The highest BCUT2D eigenvalue weighted by Gasteiger charge is 2.14. The Labute approximate surface area is 108 Å². The van der Waals surface area contributed by atoms with E-state index in [2.05, 4.69) is 15.9 Å². The lowest BCUT2D eigenvalue weighted by Crippen LogP contribution is -2.03. The molecule has 0 saturated heterocycles. The van der Waals surface area contributed by atoms with Gasteiger partial charge >= 0.3 is 5.97 Å². The molecular formula is C12H15BrO4. The first-order chi connectivity index (χ1) is 8.06. The van der Waals surface area contributed by atoms with Crippen LogP contribution in [-0.2, 0) is 0 Å². The highest BCUT2D eigenvalue weighted by atomic mass is 79.9. The minimum Gasteiger partial charge on any atom is -0.478 e. The van der Waals surface area contributed by atoms with Crippen molar-refractivity contribution in [3.05, 3.63) is 33.8 Å². The summed E-state index contributed by atoms with van der Waals surface area (Å²) in [5, 5.41) is 27.4. The van der Waals surface area contributed by atoms with Gasteiger partial charge in [0.15, 0.2) is 0 Å². The third-order valence-electron chi connectivity index (χ3n) is 2.49. The lowest BCUT2D eigenvalue weighted by atomic mass is 10.0. The van der Waals surface area contributed by atoms with Crippen LogP contribution < -0.4 is 0 Å². The Morgan fingerprint density at radius 2 is 2.06 bits per heavy atom. The van der Waals surface area contributed by atoms with E-state index in [0.717, 1.165) is 0 Å². The zero-order valence-electron chi connectivity index (χ0n) is 9.27. The molecule has 17 heavy (non-hydrogen) atoms. The first-order valence-electron chi connectivity index (χ1n) is 5.38. The van der Waals surface area contributed by atoms with Crippen LogP contribution in [0.15, 0.2) is 22.7 Å². The van der Waals surface area contributed by atoms with Crippen molar-refractivity contribution in [3.63, 3.8) is 0 Å². The SMILES string of the molecule is O=C(O)c1ccc(Br)c(C(O)CCCCO)c1. The Balaban J connectivity index is 2.80. The summed E-state index contributed by atoms with van der Waals surface area (Å²) in [6.07, 6.45) is 1.12. The van der Waals surface area contributed by atoms with Gasteiger partial charge in [-0.05, 0) is 43.0 Å². The molecular weight excluding hydrogens is 288 g/mol. The zero-order valence-corrected chi connectivity index (χ0v) is 10.9. The van der Waals surface area contributed by atoms with Crippen LogP contribution in [0.3, 0.4) is 0 Å². The van der Waals surface area contributed by atoms with E-state index in [1.54, 1.807) is 6.07 Å². The van der Waals surface area contributed by atoms with Gasteiger partial charge in [0, 0.05) is 11.1 Å². The number of aliphatic hydroxyl groups is 2. The van der Waals surface area contributed by atoms with Gasteiger partial charge in [-0.3, -0.25) is 0 Å². The van der Waals surface area contributed by atoms with Crippen molar-refractivity contribution in [2.75, 3.05) is 6.61 Å². The Morgan fingerprint density at radius 3 is 2.65 bits per heavy atom. The van der Waals surface area contributed by atoms with Gasteiger partial charge in [0.2, 0.25) is 0 Å². The lowest BCUT2D eigenvalue weighted by Gasteiger charge is -2.13. The zero-order chi connectivity index (χ0) is 12.8. The van der Waals surface area contributed by atoms with Gasteiger partial charge in [-0.15, -0.1) is 0 Å². The molecule has 0 spiro atoms. The molecule has 0 amide bonds. The quantitative estimate of drug-likeness (QED) is 0.705. The summed E-state index contributed by atoms with van der Waals surface area (Å²) in [4.78, 5) is 10.8. The molecule has 1 aromatic rings. The van der Waals surface area contributed by atoms with Gasteiger partial charge in [-0.1, -0.05) is 15.9 Å². The van der Waals surface area contributed by atoms with Crippen LogP contribution in [0.1, 0.15) is 41.3 Å². The number of benzene rings is 1. The number of halogens is 1. The highest BCUT2D eigenvalue weighted by molar-refractivity contribution is 9.10. The van der Waals surface area contributed by atoms with Crippen LogP contribution in [0, 0.1) is 0 Å². The minimum atomic E-state index is -1.01. The van der Waals surface area contributed by atoms with Gasteiger partial charge < -0.3 is 15.3 Å². The van der Waals surface area contributed by atoms with E-state index in [-0.39, 0.29) is 12.2 Å². The summed E-state index contributed by atoms with van der Waals surface area (Å²) in [5.41, 5.74) is 0.729. The van der Waals surface area contributed by atoms with Gasteiger partial charge in [0.1, 0.15) is 0 Å². The fourth-order valence-corrected chi connectivity index (χ4v) is 2.05. The molecule has 5 heteroatoms. The summed E-state index contributed by atoms with van der Waals surface area (Å²) in [6.45, 7) is 0.100. The van der Waals surface area contributed by atoms with E-state index in [1.807, 2.05) is 0 Å². The lowest BCUT2D eigenvalue weighted by molar-refractivity contribution is 0.0696. The smallest absolute Gasteiger partial charge is 0.335 e. The van der Waals surface area contributed by atoms with Crippen LogP contribution in [0.5, 0.6) is 0 Å². The Bertz CT molecular complexity index is 392. The molecule has 1 aromatic carbocycles. The predicted octanol–water partition coefficient (Wildman–Crippen LogP) is 2.34. The van der Waals surface area contributed by atoms with E-state index in [4.69, 9.17) is 10.2 Å². The standard InChI is InChI=1S/C12H15BrO4/c13-10-5-4-8(12(16)17)7-9(10)11(15)3-1-2-6-14/h4-5,7,11,14-15H,1-3,6H2,(H,16,17). The number of carbonyl (C=O) groups is 1. The molecule has 0 bridgehead atoms. The molecule has 1 atom stereocenters. The fraction of sp³-hybridized carbons (Fsp3) is 0.417. The second-order valence-electron chi connectivity index (χ2n) is 3.78. The molecule has 0 radical (unpaired) electrons. The van der Waals surface area contributed by atoms with Crippen LogP contribution in [0.2, 0.25) is 0 Å². The Kier molecular flexibility index (Phi) is 5.61. The number of hydrogen-bond donors (Lipinski definition) is 3. The predicted molar refractivity (Wildman–Crippen MR) is 67.0 cm³/mol. The molecule has 3 N–H and O–H groups in total. The number of rotatable bonds is 6. The Morgan fingerprint density at radius 1 is 1.35 bits per heavy atom. The number of aliphatic hydroxyl groups excluding tert-OH is 2. The van der Waals surface area contributed by atoms with Crippen LogP contribution in [0.25, 0.3) is 0 Å². The molecule has 0 fully saturated rings. The van der Waals surface area contributed by atoms with E-state index < -0.39 is 12.1 Å². The van der Waals surface area contributed by atoms with Crippen LogP contribution >= 0.6 is 15.9 Å². The summed E-state index contributed by atoms with van der Waals surface area (Å²) in [7, 11) is 0. The summed E-state index contributed by atoms with van der Waals surface area (Å²) in [6, 6.07) is 4.57. The fourth-order valence-electron chi connectivity index (χ4n) is 1.54. The van der Waals surface area contributed by atoms with Crippen molar-refractivity contribution in [2.24, 2.45) is 0 Å².